The molecule has 1 saturated heterocycles. The number of carbonyl (C=O) groups is 2. The molecule has 0 saturated carbocycles. The topological polar surface area (TPSA) is 86.4 Å². The number of piperazine rings is 1. The first kappa shape index (κ1) is 24.8. The van der Waals surface area contributed by atoms with Crippen LogP contribution in [-0.2, 0) is 11.2 Å². The van der Waals surface area contributed by atoms with E-state index >= 15 is 0 Å². The predicted octanol–water partition coefficient (Wildman–Crippen LogP) is 3.20. The van der Waals surface area contributed by atoms with Gasteiger partial charge < -0.3 is 9.80 Å². The maximum atomic E-state index is 14.7. The van der Waals surface area contributed by atoms with Crippen molar-refractivity contribution in [2.24, 2.45) is 0 Å². The lowest BCUT2D eigenvalue weighted by molar-refractivity contribution is -0.132. The maximum absolute atomic E-state index is 14.7. The van der Waals surface area contributed by atoms with E-state index in [1.54, 1.807) is 29.2 Å². The van der Waals surface area contributed by atoms with Gasteiger partial charge in [0, 0.05) is 53.2 Å². The largest absolute Gasteiger partial charge is 0.339 e. The Bertz CT molecular complexity index is 1290. The van der Waals surface area contributed by atoms with Gasteiger partial charge in [-0.25, -0.2) is 9.49 Å². The monoisotopic (exact) mass is 494 g/mol. The Hall–Kier alpha value is -3.33. The van der Waals surface area contributed by atoms with Gasteiger partial charge in [-0.3, -0.25) is 14.4 Å². The van der Waals surface area contributed by atoms with E-state index in [9.17, 15) is 18.8 Å². The summed E-state index contributed by atoms with van der Waals surface area (Å²) < 4.78 is 14.7. The van der Waals surface area contributed by atoms with Crippen molar-refractivity contribution in [1.29, 1.82) is 0 Å². The maximum Gasteiger partial charge on any atom is 0.272 e. The van der Waals surface area contributed by atoms with Crippen molar-refractivity contribution < 1.29 is 14.0 Å². The van der Waals surface area contributed by atoms with Crippen molar-refractivity contribution in [2.45, 2.75) is 38.4 Å². The van der Waals surface area contributed by atoms with Gasteiger partial charge in [0.1, 0.15) is 5.82 Å². The molecular weight excluding hydrogens is 463 g/mol. The molecule has 0 spiro atoms. The van der Waals surface area contributed by atoms with Gasteiger partial charge in [0.2, 0.25) is 5.91 Å². The quantitative estimate of drug-likeness (QED) is 0.511. The van der Waals surface area contributed by atoms with Crippen LogP contribution in [0.2, 0.25) is 19.1 Å². The summed E-state index contributed by atoms with van der Waals surface area (Å²) in [4.78, 5) is 41.1. The third-order valence-electron chi connectivity index (χ3n) is 6.50. The second-order valence-electron chi connectivity index (χ2n) is 9.50. The van der Waals surface area contributed by atoms with E-state index in [1.807, 2.05) is 17.0 Å². The number of aromatic nitrogens is 2. The minimum atomic E-state index is -0.657. The molecule has 3 aromatic rings. The van der Waals surface area contributed by atoms with E-state index < -0.39 is 14.6 Å². The van der Waals surface area contributed by atoms with Crippen LogP contribution in [0.1, 0.15) is 34.5 Å². The highest BCUT2D eigenvalue weighted by molar-refractivity contribution is 6.55. The Labute approximate surface area is 205 Å². The summed E-state index contributed by atoms with van der Waals surface area (Å²) in [6, 6.07) is 12.8. The van der Waals surface area contributed by atoms with E-state index in [1.165, 1.54) is 6.07 Å². The van der Waals surface area contributed by atoms with Gasteiger partial charge in [0.25, 0.3) is 11.5 Å². The SMILES string of the molecule is C[SiH](C)CCCC(=O)N1CCN(C(=O)c2cc(Cc3n[nH]c(=O)c4ccccc34)ccc2F)CC1. The fraction of sp³-hybridized carbons (Fsp3) is 0.385. The molecule has 7 nitrogen and oxygen atoms in total. The molecule has 2 heterocycles. The number of nitrogens with one attached hydrogen (secondary N) is 1. The van der Waals surface area contributed by atoms with E-state index in [2.05, 4.69) is 23.3 Å². The lowest BCUT2D eigenvalue weighted by atomic mass is 10.0. The van der Waals surface area contributed by atoms with Crippen molar-refractivity contribution in [3.8, 4) is 0 Å². The number of amides is 2. The third kappa shape index (κ3) is 5.84. The number of carbonyl (C=O) groups excluding carboxylic acids is 2. The van der Waals surface area contributed by atoms with E-state index in [0.717, 1.165) is 23.4 Å². The molecule has 1 aromatic heterocycles. The van der Waals surface area contributed by atoms with Crippen molar-refractivity contribution in [2.75, 3.05) is 26.2 Å². The lowest BCUT2D eigenvalue weighted by Crippen LogP contribution is -2.50. The zero-order valence-electron chi connectivity index (χ0n) is 20.2. The van der Waals surface area contributed by atoms with Crippen LogP contribution in [0.15, 0.2) is 47.3 Å². The van der Waals surface area contributed by atoms with E-state index in [-0.39, 0.29) is 22.9 Å². The first-order valence-electron chi connectivity index (χ1n) is 12.1. The summed E-state index contributed by atoms with van der Waals surface area (Å²) in [5.74, 6) is -0.809. The lowest BCUT2D eigenvalue weighted by Gasteiger charge is -2.35. The van der Waals surface area contributed by atoms with Crippen LogP contribution in [0.5, 0.6) is 0 Å². The minimum absolute atomic E-state index is 0.0119. The summed E-state index contributed by atoms with van der Waals surface area (Å²) in [6.07, 6.45) is 1.84. The summed E-state index contributed by atoms with van der Waals surface area (Å²) in [5, 5.41) is 7.96. The first-order chi connectivity index (χ1) is 16.8. The average molecular weight is 495 g/mol. The van der Waals surface area contributed by atoms with Gasteiger partial charge in [0.15, 0.2) is 0 Å². The molecular formula is C26H31FN4O3Si. The summed E-state index contributed by atoms with van der Waals surface area (Å²) in [6.45, 7) is 6.28. The number of rotatable bonds is 7. The molecule has 9 heteroatoms. The molecule has 0 aliphatic carbocycles. The Balaban J connectivity index is 1.43. The molecule has 4 rings (SSSR count). The summed E-state index contributed by atoms with van der Waals surface area (Å²) in [5.41, 5.74) is 1.12. The number of nitrogens with zero attached hydrogens (tertiary/aromatic N) is 3. The van der Waals surface area contributed by atoms with Crippen molar-refractivity contribution in [1.82, 2.24) is 20.0 Å². The molecule has 0 bridgehead atoms. The molecule has 2 amide bonds. The smallest absolute Gasteiger partial charge is 0.272 e. The minimum Gasteiger partial charge on any atom is -0.339 e. The molecule has 0 unspecified atom stereocenters. The van der Waals surface area contributed by atoms with E-state index in [0.29, 0.717) is 50.1 Å². The molecule has 0 radical (unpaired) electrons. The van der Waals surface area contributed by atoms with Crippen molar-refractivity contribution in [3.63, 3.8) is 0 Å². The highest BCUT2D eigenvalue weighted by Crippen LogP contribution is 2.20. The van der Waals surface area contributed by atoms with Crippen molar-refractivity contribution >= 4 is 31.4 Å². The fourth-order valence-electron chi connectivity index (χ4n) is 4.49. The Kier molecular flexibility index (Phi) is 7.75. The molecule has 1 aliphatic rings. The molecule has 1 N–H and O–H groups in total. The normalized spacial score (nSPS) is 14.1. The Morgan fingerprint density at radius 2 is 1.71 bits per heavy atom. The van der Waals surface area contributed by atoms with Crippen LogP contribution in [0, 0.1) is 5.82 Å². The number of hydrogen-bond acceptors (Lipinski definition) is 4. The zero-order valence-corrected chi connectivity index (χ0v) is 21.4. The number of aromatic amines is 1. The number of hydrogen-bond donors (Lipinski definition) is 1. The molecule has 184 valence electrons. The van der Waals surface area contributed by atoms with Gasteiger partial charge in [-0.05, 0) is 30.2 Å². The third-order valence-corrected chi connectivity index (χ3v) is 8.06. The van der Waals surface area contributed by atoms with Crippen LogP contribution in [0.4, 0.5) is 4.39 Å². The highest BCUT2D eigenvalue weighted by atomic mass is 28.3. The molecule has 35 heavy (non-hydrogen) atoms. The summed E-state index contributed by atoms with van der Waals surface area (Å²) in [7, 11) is -0.657. The summed E-state index contributed by atoms with van der Waals surface area (Å²) >= 11 is 0. The second-order valence-corrected chi connectivity index (χ2v) is 12.9. The van der Waals surface area contributed by atoms with Gasteiger partial charge >= 0.3 is 0 Å². The predicted molar refractivity (Wildman–Crippen MR) is 137 cm³/mol. The van der Waals surface area contributed by atoms with Gasteiger partial charge in [-0.1, -0.05) is 43.4 Å². The molecule has 0 atom stereocenters. The Morgan fingerprint density at radius 3 is 2.43 bits per heavy atom. The number of fused-ring (bicyclic) bond motifs is 1. The molecule has 1 aliphatic heterocycles. The van der Waals surface area contributed by atoms with E-state index in [4.69, 9.17) is 0 Å². The van der Waals surface area contributed by atoms with Crippen LogP contribution in [0.3, 0.4) is 0 Å². The molecule has 1 fully saturated rings. The van der Waals surface area contributed by atoms with Crippen LogP contribution >= 0.6 is 0 Å². The van der Waals surface area contributed by atoms with Crippen LogP contribution in [-0.4, -0.2) is 66.8 Å². The standard InChI is InChI=1S/C26H31FN4O3Si/c1-35(2)15-5-8-24(32)30-11-13-31(14-12-30)26(34)21-16-18(9-10-22(21)27)17-23-19-6-3-4-7-20(19)25(33)29-28-23/h3-4,6-7,9-10,16,35H,5,8,11-15,17H2,1-2H3,(H,29,33). The average Bonchev–Trinajstić information content (AvgIpc) is 2.86. The highest BCUT2D eigenvalue weighted by Gasteiger charge is 2.26. The zero-order chi connectivity index (χ0) is 24.9. The van der Waals surface area contributed by atoms with Gasteiger partial charge in [0.05, 0.1) is 16.6 Å². The van der Waals surface area contributed by atoms with Crippen LogP contribution < -0.4 is 5.56 Å². The first-order valence-corrected chi connectivity index (χ1v) is 15.3. The number of H-pyrrole nitrogens is 1. The van der Waals surface area contributed by atoms with Gasteiger partial charge in [-0.2, -0.15) is 5.10 Å². The van der Waals surface area contributed by atoms with Gasteiger partial charge in [-0.15, -0.1) is 0 Å². The second kappa shape index (κ2) is 10.9. The number of benzene rings is 2. The molecule has 2 aromatic carbocycles. The Morgan fingerprint density at radius 1 is 1.03 bits per heavy atom. The number of halogens is 1. The van der Waals surface area contributed by atoms with Crippen LogP contribution in [0.25, 0.3) is 10.8 Å². The fourth-order valence-corrected chi connectivity index (χ4v) is 5.52. The van der Waals surface area contributed by atoms with Crippen molar-refractivity contribution in [3.05, 3.63) is 75.5 Å².